The Morgan fingerprint density at radius 2 is 1.85 bits per heavy atom. The van der Waals surface area contributed by atoms with Gasteiger partial charge >= 0.3 is 0 Å². The molecule has 0 aliphatic carbocycles. The second-order valence-corrected chi connectivity index (χ2v) is 7.84. The van der Waals surface area contributed by atoms with E-state index in [0.29, 0.717) is 16.5 Å². The summed E-state index contributed by atoms with van der Waals surface area (Å²) in [7, 11) is -3.76. The Morgan fingerprint density at radius 3 is 2.54 bits per heavy atom. The molecule has 0 aliphatic rings. The molecular weight excluding hydrogens is 395 g/mol. The maximum atomic E-state index is 12.4. The van der Waals surface area contributed by atoms with Gasteiger partial charge in [0.25, 0.3) is 10.0 Å². The van der Waals surface area contributed by atoms with Crippen LogP contribution >= 0.6 is 23.2 Å². The topological polar surface area (TPSA) is 68.3 Å². The Bertz CT molecular complexity index is 1010. The van der Waals surface area contributed by atoms with Crippen LogP contribution in [0.5, 0.6) is 5.75 Å². The molecule has 0 atom stereocenters. The molecule has 1 N–H and O–H groups in total. The van der Waals surface area contributed by atoms with Gasteiger partial charge in [-0.15, -0.1) is 0 Å². The molecule has 26 heavy (non-hydrogen) atoms. The summed E-state index contributed by atoms with van der Waals surface area (Å²) in [6, 6.07) is 16.2. The fourth-order valence-corrected chi connectivity index (χ4v) is 3.75. The van der Waals surface area contributed by atoms with Crippen LogP contribution in [0.2, 0.25) is 10.0 Å². The molecule has 0 aliphatic heterocycles. The monoisotopic (exact) mass is 408 g/mol. The van der Waals surface area contributed by atoms with Crippen molar-refractivity contribution in [3.63, 3.8) is 0 Å². The first kappa shape index (κ1) is 18.5. The standard InChI is InChI=1S/C18H14Cl2N2O3S/c19-13-4-3-6-16(10-13)26(23,24)22-14-7-8-18(17(20)11-14)25-12-15-5-1-2-9-21-15/h1-11,22H,12H2. The molecule has 0 fully saturated rings. The zero-order valence-electron chi connectivity index (χ0n) is 13.4. The number of anilines is 1. The first-order chi connectivity index (χ1) is 12.4. The van der Waals surface area contributed by atoms with Crippen molar-refractivity contribution in [2.75, 3.05) is 4.72 Å². The lowest BCUT2D eigenvalue weighted by atomic mass is 10.3. The molecule has 3 rings (SSSR count). The average molecular weight is 409 g/mol. The van der Waals surface area contributed by atoms with Crippen molar-refractivity contribution in [1.29, 1.82) is 0 Å². The van der Waals surface area contributed by atoms with Crippen molar-refractivity contribution in [2.24, 2.45) is 0 Å². The number of aromatic nitrogens is 1. The van der Waals surface area contributed by atoms with Crippen LogP contribution < -0.4 is 9.46 Å². The van der Waals surface area contributed by atoms with Gasteiger partial charge in [-0.3, -0.25) is 9.71 Å². The average Bonchev–Trinajstić information content (AvgIpc) is 2.62. The number of nitrogens with zero attached hydrogens (tertiary/aromatic N) is 1. The van der Waals surface area contributed by atoms with E-state index in [9.17, 15) is 8.42 Å². The van der Waals surface area contributed by atoms with Crippen molar-refractivity contribution in [2.45, 2.75) is 11.5 Å². The van der Waals surface area contributed by atoms with E-state index in [4.69, 9.17) is 27.9 Å². The second kappa shape index (κ2) is 7.95. The highest BCUT2D eigenvalue weighted by molar-refractivity contribution is 7.92. The maximum absolute atomic E-state index is 12.4. The molecule has 5 nitrogen and oxygen atoms in total. The number of sulfonamides is 1. The summed E-state index contributed by atoms with van der Waals surface area (Å²) in [5.74, 6) is 0.433. The van der Waals surface area contributed by atoms with Gasteiger partial charge in [0.1, 0.15) is 12.4 Å². The van der Waals surface area contributed by atoms with Gasteiger partial charge in [-0.1, -0.05) is 35.3 Å². The van der Waals surface area contributed by atoms with Crippen molar-refractivity contribution < 1.29 is 13.2 Å². The van der Waals surface area contributed by atoms with Gasteiger partial charge in [-0.25, -0.2) is 8.42 Å². The van der Waals surface area contributed by atoms with Crippen LogP contribution in [0.1, 0.15) is 5.69 Å². The van der Waals surface area contributed by atoms with E-state index in [0.717, 1.165) is 5.69 Å². The van der Waals surface area contributed by atoms with Crippen LogP contribution in [0.4, 0.5) is 5.69 Å². The van der Waals surface area contributed by atoms with Crippen LogP contribution in [-0.2, 0) is 16.6 Å². The van der Waals surface area contributed by atoms with Crippen molar-refractivity contribution >= 4 is 38.9 Å². The van der Waals surface area contributed by atoms with Gasteiger partial charge in [0.15, 0.2) is 0 Å². The number of hydrogen-bond donors (Lipinski definition) is 1. The van der Waals surface area contributed by atoms with E-state index < -0.39 is 10.0 Å². The van der Waals surface area contributed by atoms with E-state index in [-0.39, 0.29) is 16.5 Å². The Labute approximate surface area is 161 Å². The summed E-state index contributed by atoms with van der Waals surface area (Å²) in [6.07, 6.45) is 1.67. The SMILES string of the molecule is O=S(=O)(Nc1ccc(OCc2ccccn2)c(Cl)c1)c1cccc(Cl)c1. The van der Waals surface area contributed by atoms with Crippen LogP contribution in [0.15, 0.2) is 71.8 Å². The summed E-state index contributed by atoms with van der Waals surface area (Å²) in [5.41, 5.74) is 1.08. The number of hydrogen-bond acceptors (Lipinski definition) is 4. The third-order valence-corrected chi connectivity index (χ3v) is 5.30. The summed E-state index contributed by atoms with van der Waals surface area (Å²) < 4.78 is 32.9. The number of halogens is 2. The van der Waals surface area contributed by atoms with Crippen LogP contribution in [0.3, 0.4) is 0 Å². The lowest BCUT2D eigenvalue weighted by Gasteiger charge is -2.11. The summed E-state index contributed by atoms with van der Waals surface area (Å²) >= 11 is 12.0. The van der Waals surface area contributed by atoms with Crippen LogP contribution in [-0.4, -0.2) is 13.4 Å². The fraction of sp³-hybridized carbons (Fsp3) is 0.0556. The maximum Gasteiger partial charge on any atom is 0.261 e. The number of benzene rings is 2. The molecule has 0 saturated heterocycles. The van der Waals surface area contributed by atoms with E-state index in [2.05, 4.69) is 9.71 Å². The molecule has 0 amide bonds. The van der Waals surface area contributed by atoms with Crippen LogP contribution in [0.25, 0.3) is 0 Å². The number of pyridine rings is 1. The molecule has 0 bridgehead atoms. The lowest BCUT2D eigenvalue weighted by molar-refractivity contribution is 0.301. The van der Waals surface area contributed by atoms with Gasteiger partial charge in [-0.2, -0.15) is 0 Å². The third-order valence-electron chi connectivity index (χ3n) is 3.39. The number of nitrogens with one attached hydrogen (secondary N) is 1. The molecule has 8 heteroatoms. The number of rotatable bonds is 6. The quantitative estimate of drug-likeness (QED) is 0.637. The fourth-order valence-electron chi connectivity index (χ4n) is 2.16. The zero-order chi connectivity index (χ0) is 18.6. The summed E-state index contributed by atoms with van der Waals surface area (Å²) in [5, 5.41) is 0.622. The smallest absolute Gasteiger partial charge is 0.261 e. The largest absolute Gasteiger partial charge is 0.486 e. The van der Waals surface area contributed by atoms with Crippen molar-refractivity contribution in [1.82, 2.24) is 4.98 Å². The predicted octanol–water partition coefficient (Wildman–Crippen LogP) is 4.77. The van der Waals surface area contributed by atoms with Gasteiger partial charge < -0.3 is 4.74 Å². The molecule has 0 saturated carbocycles. The number of ether oxygens (including phenoxy) is 1. The van der Waals surface area contributed by atoms with Gasteiger partial charge in [0, 0.05) is 11.2 Å². The van der Waals surface area contributed by atoms with E-state index in [1.54, 1.807) is 30.5 Å². The van der Waals surface area contributed by atoms with E-state index >= 15 is 0 Å². The Morgan fingerprint density at radius 1 is 1.00 bits per heavy atom. The Balaban J connectivity index is 1.73. The van der Waals surface area contributed by atoms with E-state index in [1.165, 1.54) is 18.2 Å². The van der Waals surface area contributed by atoms with Crippen LogP contribution in [0, 0.1) is 0 Å². The predicted molar refractivity (Wildman–Crippen MR) is 102 cm³/mol. The molecule has 2 aromatic carbocycles. The lowest BCUT2D eigenvalue weighted by Crippen LogP contribution is -2.12. The molecule has 0 radical (unpaired) electrons. The molecule has 134 valence electrons. The summed E-state index contributed by atoms with van der Waals surface area (Å²) in [6.45, 7) is 0.258. The third kappa shape index (κ3) is 4.66. The minimum Gasteiger partial charge on any atom is -0.486 e. The minimum absolute atomic E-state index is 0.0663. The van der Waals surface area contributed by atoms with E-state index in [1.807, 2.05) is 18.2 Å². The summed E-state index contributed by atoms with van der Waals surface area (Å²) in [4.78, 5) is 4.23. The normalized spacial score (nSPS) is 11.2. The second-order valence-electron chi connectivity index (χ2n) is 5.32. The highest BCUT2D eigenvalue weighted by Gasteiger charge is 2.15. The zero-order valence-corrected chi connectivity index (χ0v) is 15.7. The molecule has 0 unspecified atom stereocenters. The molecular formula is C18H14Cl2N2O3S. The molecule has 0 spiro atoms. The van der Waals surface area contributed by atoms with Gasteiger partial charge in [0.2, 0.25) is 0 Å². The first-order valence-electron chi connectivity index (χ1n) is 7.55. The first-order valence-corrected chi connectivity index (χ1v) is 9.78. The van der Waals surface area contributed by atoms with Gasteiger partial charge in [0.05, 0.1) is 21.3 Å². The van der Waals surface area contributed by atoms with Crippen molar-refractivity contribution in [3.8, 4) is 5.75 Å². The van der Waals surface area contributed by atoms with Crippen molar-refractivity contribution in [3.05, 3.63) is 82.6 Å². The highest BCUT2D eigenvalue weighted by atomic mass is 35.5. The molecule has 3 aromatic rings. The highest BCUT2D eigenvalue weighted by Crippen LogP contribution is 2.29. The Hall–Kier alpha value is -2.28. The molecule has 1 aromatic heterocycles. The minimum atomic E-state index is -3.76. The Kier molecular flexibility index (Phi) is 5.66. The molecule has 1 heterocycles. The van der Waals surface area contributed by atoms with Gasteiger partial charge in [-0.05, 0) is 48.5 Å².